The van der Waals surface area contributed by atoms with E-state index in [9.17, 15) is 9.59 Å². The highest BCUT2D eigenvalue weighted by atomic mass is 16.5. The van der Waals surface area contributed by atoms with E-state index in [4.69, 9.17) is 9.84 Å². The normalized spacial score (nSPS) is 10.7. The van der Waals surface area contributed by atoms with E-state index >= 15 is 0 Å². The lowest BCUT2D eigenvalue weighted by molar-refractivity contribution is 0.0691. The lowest BCUT2D eigenvalue weighted by Gasteiger charge is -2.07. The molecule has 0 aliphatic heterocycles. The number of H-pyrrole nitrogens is 1. The molecule has 0 saturated heterocycles. The van der Waals surface area contributed by atoms with Gasteiger partial charge in [-0.2, -0.15) is 0 Å². The first-order valence-electron chi connectivity index (χ1n) is 5.50. The Kier molecular flexibility index (Phi) is 3.43. The van der Waals surface area contributed by atoms with Crippen molar-refractivity contribution < 1.29 is 14.6 Å². The van der Waals surface area contributed by atoms with Crippen LogP contribution in [0.5, 0.6) is 0 Å². The average Bonchev–Trinajstić information content (AvgIpc) is 2.36. The lowest BCUT2D eigenvalue weighted by Crippen LogP contribution is -2.11. The Morgan fingerprint density at radius 2 is 2.22 bits per heavy atom. The topological polar surface area (TPSA) is 79.4 Å². The minimum atomic E-state index is -1.14. The van der Waals surface area contributed by atoms with Crippen molar-refractivity contribution in [3.05, 3.63) is 45.7 Å². The summed E-state index contributed by atoms with van der Waals surface area (Å²) >= 11 is 0. The smallest absolute Gasteiger partial charge is 0.352 e. The summed E-state index contributed by atoms with van der Waals surface area (Å²) in [4.78, 5) is 25.5. The molecule has 0 aliphatic carbocycles. The summed E-state index contributed by atoms with van der Waals surface area (Å²) in [6.07, 6.45) is 0.618. The van der Waals surface area contributed by atoms with Gasteiger partial charge in [0.25, 0.3) is 0 Å². The van der Waals surface area contributed by atoms with Gasteiger partial charge in [0.05, 0.1) is 12.1 Å². The molecular formula is C13H13NO4. The van der Waals surface area contributed by atoms with Gasteiger partial charge in [-0.3, -0.25) is 4.79 Å². The van der Waals surface area contributed by atoms with E-state index < -0.39 is 5.97 Å². The van der Waals surface area contributed by atoms with Crippen LogP contribution in [0.25, 0.3) is 10.9 Å². The number of pyridine rings is 1. The molecule has 0 atom stereocenters. The number of aromatic amines is 1. The van der Waals surface area contributed by atoms with Crippen LogP contribution in [0.15, 0.2) is 29.1 Å². The predicted octanol–water partition coefficient (Wildman–Crippen LogP) is 1.42. The molecule has 0 radical (unpaired) electrons. The first-order chi connectivity index (χ1) is 8.63. The highest BCUT2D eigenvalue weighted by Gasteiger charge is 2.10. The zero-order chi connectivity index (χ0) is 13.1. The molecule has 1 aromatic carbocycles. The first-order valence-corrected chi connectivity index (χ1v) is 5.50. The van der Waals surface area contributed by atoms with Crippen LogP contribution in [-0.2, 0) is 11.2 Å². The number of ether oxygens (including phenoxy) is 1. The number of rotatable bonds is 4. The van der Waals surface area contributed by atoms with Crippen molar-refractivity contribution >= 4 is 16.9 Å². The van der Waals surface area contributed by atoms with E-state index in [0.29, 0.717) is 23.9 Å². The second-order valence-corrected chi connectivity index (χ2v) is 3.93. The minimum Gasteiger partial charge on any atom is -0.477 e. The van der Waals surface area contributed by atoms with Crippen LogP contribution in [0.2, 0.25) is 0 Å². The largest absolute Gasteiger partial charge is 0.477 e. The van der Waals surface area contributed by atoms with Gasteiger partial charge in [-0.25, -0.2) is 4.79 Å². The molecule has 0 saturated carbocycles. The number of carbonyl (C=O) groups is 1. The monoisotopic (exact) mass is 247 g/mol. The van der Waals surface area contributed by atoms with Crippen molar-refractivity contribution in [1.29, 1.82) is 0 Å². The lowest BCUT2D eigenvalue weighted by atomic mass is 10.1. The van der Waals surface area contributed by atoms with Gasteiger partial charge in [-0.1, -0.05) is 12.1 Å². The summed E-state index contributed by atoms with van der Waals surface area (Å²) < 4.78 is 4.99. The van der Waals surface area contributed by atoms with Crippen molar-refractivity contribution in [2.24, 2.45) is 0 Å². The van der Waals surface area contributed by atoms with E-state index in [2.05, 4.69) is 4.98 Å². The Labute approximate surface area is 103 Å². The zero-order valence-corrected chi connectivity index (χ0v) is 9.90. The maximum absolute atomic E-state index is 11.8. The number of carboxylic acid groups (broad SMARTS) is 1. The summed E-state index contributed by atoms with van der Waals surface area (Å²) in [5, 5.41) is 9.43. The van der Waals surface area contributed by atoms with E-state index in [1.54, 1.807) is 19.2 Å². The fraction of sp³-hybridized carbons (Fsp3) is 0.231. The Morgan fingerprint density at radius 1 is 1.44 bits per heavy atom. The third-order valence-corrected chi connectivity index (χ3v) is 2.76. The highest BCUT2D eigenvalue weighted by molar-refractivity contribution is 5.90. The molecule has 18 heavy (non-hydrogen) atoms. The van der Waals surface area contributed by atoms with Crippen molar-refractivity contribution in [2.45, 2.75) is 6.42 Å². The molecular weight excluding hydrogens is 234 g/mol. The van der Waals surface area contributed by atoms with E-state index in [1.807, 2.05) is 6.07 Å². The van der Waals surface area contributed by atoms with Gasteiger partial charge in [-0.05, 0) is 18.1 Å². The number of hydrogen-bond acceptors (Lipinski definition) is 3. The van der Waals surface area contributed by atoms with Gasteiger partial charge in [-0.15, -0.1) is 0 Å². The maximum Gasteiger partial charge on any atom is 0.352 e. The SMILES string of the molecule is COCCc1cccc2c(=O)cc(C(=O)O)[nH]c12. The second kappa shape index (κ2) is 5.01. The van der Waals surface area contributed by atoms with Crippen LogP contribution in [0.3, 0.4) is 0 Å². The Balaban J connectivity index is 2.66. The fourth-order valence-corrected chi connectivity index (χ4v) is 1.87. The van der Waals surface area contributed by atoms with Gasteiger partial charge >= 0.3 is 5.97 Å². The highest BCUT2D eigenvalue weighted by Crippen LogP contribution is 2.15. The fourth-order valence-electron chi connectivity index (χ4n) is 1.87. The quantitative estimate of drug-likeness (QED) is 0.856. The standard InChI is InChI=1S/C13H13NO4/c1-18-6-5-8-3-2-4-9-11(15)7-10(13(16)17)14-12(8)9/h2-4,7H,5-6H2,1H3,(H,14,15)(H,16,17). The van der Waals surface area contributed by atoms with Gasteiger partial charge in [0.2, 0.25) is 0 Å². The van der Waals surface area contributed by atoms with Crippen molar-refractivity contribution in [2.75, 3.05) is 13.7 Å². The van der Waals surface area contributed by atoms with E-state index in [-0.39, 0.29) is 11.1 Å². The molecule has 5 heteroatoms. The van der Waals surface area contributed by atoms with Crippen LogP contribution in [0.1, 0.15) is 16.1 Å². The van der Waals surface area contributed by atoms with Gasteiger partial charge in [0, 0.05) is 18.6 Å². The van der Waals surface area contributed by atoms with Crippen molar-refractivity contribution in [1.82, 2.24) is 4.98 Å². The number of fused-ring (bicyclic) bond motifs is 1. The van der Waals surface area contributed by atoms with Crippen LogP contribution in [0, 0.1) is 0 Å². The van der Waals surface area contributed by atoms with Gasteiger partial charge < -0.3 is 14.8 Å². The number of aromatic nitrogens is 1. The molecule has 2 aromatic rings. The molecule has 0 unspecified atom stereocenters. The van der Waals surface area contributed by atoms with Crippen LogP contribution in [-0.4, -0.2) is 29.8 Å². The van der Waals surface area contributed by atoms with Gasteiger partial charge in [0.1, 0.15) is 5.69 Å². The number of nitrogens with one attached hydrogen (secondary N) is 1. The summed E-state index contributed by atoms with van der Waals surface area (Å²) in [5.41, 5.74) is 1.05. The second-order valence-electron chi connectivity index (χ2n) is 3.93. The molecule has 2 rings (SSSR count). The summed E-state index contributed by atoms with van der Waals surface area (Å²) in [6.45, 7) is 0.512. The number of benzene rings is 1. The predicted molar refractivity (Wildman–Crippen MR) is 67.1 cm³/mol. The van der Waals surface area contributed by atoms with E-state index in [1.165, 1.54) is 0 Å². The van der Waals surface area contributed by atoms with Crippen LogP contribution in [0.4, 0.5) is 0 Å². The summed E-state index contributed by atoms with van der Waals surface area (Å²) in [7, 11) is 1.59. The molecule has 0 fully saturated rings. The molecule has 0 bridgehead atoms. The number of methoxy groups -OCH3 is 1. The van der Waals surface area contributed by atoms with Crippen LogP contribution >= 0.6 is 0 Å². The Morgan fingerprint density at radius 3 is 2.89 bits per heavy atom. The number of para-hydroxylation sites is 1. The first kappa shape index (κ1) is 12.3. The van der Waals surface area contributed by atoms with E-state index in [0.717, 1.165) is 11.6 Å². The Hall–Kier alpha value is -2.14. The maximum atomic E-state index is 11.8. The van der Waals surface area contributed by atoms with Gasteiger partial charge in [0.15, 0.2) is 5.43 Å². The minimum absolute atomic E-state index is 0.0997. The molecule has 0 amide bonds. The molecule has 5 nitrogen and oxygen atoms in total. The number of aromatic carboxylic acids is 1. The van der Waals surface area contributed by atoms with Crippen LogP contribution < -0.4 is 5.43 Å². The molecule has 2 N–H and O–H groups in total. The average molecular weight is 247 g/mol. The zero-order valence-electron chi connectivity index (χ0n) is 9.90. The van der Waals surface area contributed by atoms with Crippen molar-refractivity contribution in [3.63, 3.8) is 0 Å². The molecule has 1 heterocycles. The molecule has 0 spiro atoms. The number of hydrogen-bond donors (Lipinski definition) is 2. The third kappa shape index (κ3) is 2.26. The molecule has 0 aliphatic rings. The Bertz CT molecular complexity index is 645. The summed E-state index contributed by atoms with van der Waals surface area (Å²) in [6, 6.07) is 6.41. The molecule has 94 valence electrons. The third-order valence-electron chi connectivity index (χ3n) is 2.76. The number of carboxylic acids is 1. The van der Waals surface area contributed by atoms with Crippen molar-refractivity contribution in [3.8, 4) is 0 Å². The summed E-state index contributed by atoms with van der Waals surface area (Å²) in [5.74, 6) is -1.14. The molecule has 1 aromatic heterocycles.